The molecule has 0 radical (unpaired) electrons. The van der Waals surface area contributed by atoms with E-state index >= 15 is 0 Å². The van der Waals surface area contributed by atoms with Gasteiger partial charge in [-0.25, -0.2) is 0 Å². The van der Waals surface area contributed by atoms with Crippen LogP contribution in [0.2, 0.25) is 0 Å². The van der Waals surface area contributed by atoms with Crippen LogP contribution in [0.25, 0.3) is 65.7 Å². The Morgan fingerprint density at radius 3 is 1.67 bits per heavy atom. The van der Waals surface area contributed by atoms with Crippen LogP contribution >= 0.6 is 0 Å². The number of nitrogens with zero attached hydrogens (tertiary/aromatic N) is 1. The second-order valence-electron chi connectivity index (χ2n) is 14.5. The molecule has 0 fully saturated rings. The maximum absolute atomic E-state index is 2.42. The van der Waals surface area contributed by atoms with Crippen LogP contribution in [0.4, 0.5) is 17.1 Å². The molecule has 0 spiro atoms. The zero-order valence-corrected chi connectivity index (χ0v) is 29.3. The molecule has 0 N–H and O–H groups in total. The fourth-order valence-electron chi connectivity index (χ4n) is 8.93. The van der Waals surface area contributed by atoms with Gasteiger partial charge in [-0.15, -0.1) is 0 Å². The molecule has 0 atom stereocenters. The first-order chi connectivity index (χ1) is 25.6. The van der Waals surface area contributed by atoms with Gasteiger partial charge in [-0.05, 0) is 108 Å². The number of fused-ring (bicyclic) bond motifs is 10. The van der Waals surface area contributed by atoms with Gasteiger partial charge in [-0.3, -0.25) is 0 Å². The van der Waals surface area contributed by atoms with E-state index in [9.17, 15) is 0 Å². The quantitative estimate of drug-likeness (QED) is 0.166. The molecule has 0 unspecified atom stereocenters. The molecule has 1 heteroatoms. The smallest absolute Gasteiger partial charge is 0.0540 e. The van der Waals surface area contributed by atoms with E-state index in [2.05, 4.69) is 207 Å². The molecule has 52 heavy (non-hydrogen) atoms. The maximum atomic E-state index is 2.42. The number of benzene rings is 9. The highest BCUT2D eigenvalue weighted by atomic mass is 15.1. The van der Waals surface area contributed by atoms with Crippen molar-refractivity contribution in [3.8, 4) is 33.4 Å². The maximum Gasteiger partial charge on any atom is 0.0540 e. The minimum Gasteiger partial charge on any atom is -0.310 e. The van der Waals surface area contributed by atoms with Gasteiger partial charge in [0.25, 0.3) is 0 Å². The lowest BCUT2D eigenvalue weighted by atomic mass is 9.78. The lowest BCUT2D eigenvalue weighted by molar-refractivity contribution is 0.672. The average molecular weight is 664 g/mol. The first-order valence-electron chi connectivity index (χ1n) is 18.2. The van der Waals surface area contributed by atoms with E-state index in [-0.39, 0.29) is 5.41 Å². The molecule has 9 aromatic carbocycles. The summed E-state index contributed by atoms with van der Waals surface area (Å²) in [4.78, 5) is 2.42. The number of anilines is 3. The monoisotopic (exact) mass is 663 g/mol. The van der Waals surface area contributed by atoms with E-state index in [1.54, 1.807) is 0 Å². The summed E-state index contributed by atoms with van der Waals surface area (Å²) in [5, 5.41) is 7.89. The first kappa shape index (κ1) is 30.4. The normalized spacial score (nSPS) is 13.0. The molecular weight excluding hydrogens is 627 g/mol. The Morgan fingerprint density at radius 2 is 0.962 bits per heavy atom. The third-order valence-corrected chi connectivity index (χ3v) is 11.2. The molecule has 9 aromatic rings. The van der Waals surface area contributed by atoms with Crippen molar-refractivity contribution in [1.82, 2.24) is 0 Å². The van der Waals surface area contributed by atoms with Gasteiger partial charge in [0, 0.05) is 22.4 Å². The molecule has 0 amide bonds. The van der Waals surface area contributed by atoms with Crippen molar-refractivity contribution in [2.45, 2.75) is 19.3 Å². The van der Waals surface area contributed by atoms with Crippen molar-refractivity contribution in [2.24, 2.45) is 0 Å². The third kappa shape index (κ3) is 4.63. The second kappa shape index (κ2) is 11.8. The van der Waals surface area contributed by atoms with Crippen LogP contribution in [-0.4, -0.2) is 0 Å². The van der Waals surface area contributed by atoms with Crippen LogP contribution in [-0.2, 0) is 5.41 Å². The Bertz CT molecular complexity index is 2800. The number of rotatable bonds is 5. The van der Waals surface area contributed by atoms with Crippen LogP contribution in [0.5, 0.6) is 0 Å². The minimum absolute atomic E-state index is 0.178. The molecule has 0 aliphatic heterocycles. The molecule has 1 aliphatic rings. The van der Waals surface area contributed by atoms with Gasteiger partial charge < -0.3 is 4.90 Å². The zero-order valence-electron chi connectivity index (χ0n) is 29.3. The highest BCUT2D eigenvalue weighted by Crippen LogP contribution is 2.56. The minimum atomic E-state index is -0.178. The van der Waals surface area contributed by atoms with Gasteiger partial charge in [0.1, 0.15) is 0 Å². The summed E-state index contributed by atoms with van der Waals surface area (Å²) in [7, 11) is 0. The lowest BCUT2D eigenvalue weighted by Crippen LogP contribution is -2.16. The first-order valence-corrected chi connectivity index (χ1v) is 18.2. The summed E-state index contributed by atoms with van der Waals surface area (Å²) >= 11 is 0. The van der Waals surface area contributed by atoms with Gasteiger partial charge in [0.05, 0.1) is 5.69 Å². The topological polar surface area (TPSA) is 3.24 Å². The Kier molecular flexibility index (Phi) is 6.91. The van der Waals surface area contributed by atoms with Crippen molar-refractivity contribution < 1.29 is 0 Å². The van der Waals surface area contributed by atoms with Crippen LogP contribution < -0.4 is 4.90 Å². The number of hydrogen-bond acceptors (Lipinski definition) is 1. The summed E-state index contributed by atoms with van der Waals surface area (Å²) in [6.45, 7) is 4.84. The molecule has 10 rings (SSSR count). The molecule has 0 saturated heterocycles. The van der Waals surface area contributed by atoms with Crippen molar-refractivity contribution in [2.75, 3.05) is 4.90 Å². The van der Waals surface area contributed by atoms with E-state index < -0.39 is 0 Å². The predicted octanol–water partition coefficient (Wildman–Crippen LogP) is 14.3. The highest BCUT2D eigenvalue weighted by molar-refractivity contribution is 6.19. The van der Waals surface area contributed by atoms with Crippen molar-refractivity contribution in [3.05, 3.63) is 199 Å². The average Bonchev–Trinajstić information content (AvgIpc) is 3.46. The van der Waals surface area contributed by atoms with Gasteiger partial charge in [-0.1, -0.05) is 166 Å². The fourth-order valence-corrected chi connectivity index (χ4v) is 8.93. The number of hydrogen-bond donors (Lipinski definition) is 0. The molecule has 246 valence electrons. The Hall–Kier alpha value is -6.44. The third-order valence-electron chi connectivity index (χ3n) is 11.2. The molecule has 0 aromatic heterocycles. The molecule has 0 heterocycles. The zero-order chi connectivity index (χ0) is 34.8. The number of para-hydroxylation sites is 1. The molecular formula is C51H37N. The van der Waals surface area contributed by atoms with Gasteiger partial charge in [0.15, 0.2) is 0 Å². The predicted molar refractivity (Wildman–Crippen MR) is 222 cm³/mol. The van der Waals surface area contributed by atoms with Gasteiger partial charge in [-0.2, -0.15) is 0 Å². The van der Waals surface area contributed by atoms with Crippen LogP contribution in [0.3, 0.4) is 0 Å². The summed E-state index contributed by atoms with van der Waals surface area (Å²) in [5.41, 5.74) is 13.6. The van der Waals surface area contributed by atoms with E-state index in [4.69, 9.17) is 0 Å². The Labute approximate surface area is 305 Å². The fraction of sp³-hybridized carbons (Fsp3) is 0.0588. The highest BCUT2D eigenvalue weighted by Gasteiger charge is 2.39. The summed E-state index contributed by atoms with van der Waals surface area (Å²) < 4.78 is 0. The van der Waals surface area contributed by atoms with Crippen LogP contribution in [0.15, 0.2) is 188 Å². The van der Waals surface area contributed by atoms with Crippen molar-refractivity contribution in [1.29, 1.82) is 0 Å². The summed E-state index contributed by atoms with van der Waals surface area (Å²) in [5.74, 6) is 0. The standard InChI is InChI=1S/C51H37N/c1-51(2)49-40-30-28-39(32-37(40)26-29-45(49)48-43-24-14-12-22-41(43)42-23-13-15-25-44(42)50(48)51)52(38-20-10-5-11-21-38)47-31-27-36(34-16-6-3-7-17-34)33-46(47)35-18-8-4-9-19-35/h3-33H,1-2H3. The largest absolute Gasteiger partial charge is 0.310 e. The summed E-state index contributed by atoms with van der Waals surface area (Å²) in [6.07, 6.45) is 0. The van der Waals surface area contributed by atoms with E-state index in [0.29, 0.717) is 0 Å². The van der Waals surface area contributed by atoms with Crippen molar-refractivity contribution in [3.63, 3.8) is 0 Å². The second-order valence-corrected chi connectivity index (χ2v) is 14.5. The Balaban J connectivity index is 1.19. The Morgan fingerprint density at radius 1 is 0.365 bits per heavy atom. The molecule has 1 nitrogen and oxygen atoms in total. The van der Waals surface area contributed by atoms with E-state index in [1.165, 1.54) is 76.8 Å². The molecule has 0 saturated carbocycles. The van der Waals surface area contributed by atoms with E-state index in [1.807, 2.05) is 0 Å². The van der Waals surface area contributed by atoms with E-state index in [0.717, 1.165) is 17.1 Å². The van der Waals surface area contributed by atoms with Crippen LogP contribution in [0.1, 0.15) is 25.0 Å². The SMILES string of the molecule is CC1(C)c2c(ccc3cc(N(c4ccccc4)c4ccc(-c5ccccc5)cc4-c4ccccc4)ccc23)-c2c1c1ccccc1c1ccccc21. The van der Waals surface area contributed by atoms with Gasteiger partial charge in [0.2, 0.25) is 0 Å². The lowest BCUT2D eigenvalue weighted by Gasteiger charge is -2.29. The molecule has 1 aliphatic carbocycles. The van der Waals surface area contributed by atoms with Gasteiger partial charge >= 0.3 is 0 Å². The summed E-state index contributed by atoms with van der Waals surface area (Å²) in [6, 6.07) is 68.8. The van der Waals surface area contributed by atoms with Crippen molar-refractivity contribution >= 4 is 49.4 Å². The van der Waals surface area contributed by atoms with Crippen LogP contribution in [0, 0.1) is 0 Å². The molecule has 0 bridgehead atoms.